The van der Waals surface area contributed by atoms with Gasteiger partial charge in [0.15, 0.2) is 0 Å². The first-order chi connectivity index (χ1) is 10.6. The standard InChI is InChI=1S/C16H10N2O4/c19-16-13(9-11-5-2-4-8-15(11)22-16)17-10-12-6-1-3-7-14(12)18(20)21/h1-10H. The lowest BCUT2D eigenvalue weighted by Gasteiger charge is -1.98. The van der Waals surface area contributed by atoms with Gasteiger partial charge in [0, 0.05) is 17.7 Å². The molecule has 0 bridgehead atoms. The number of rotatable bonds is 3. The minimum Gasteiger partial charge on any atom is -0.421 e. The maximum absolute atomic E-state index is 11.9. The highest BCUT2D eigenvalue weighted by atomic mass is 16.6. The summed E-state index contributed by atoms with van der Waals surface area (Å²) in [4.78, 5) is 26.3. The average molecular weight is 294 g/mol. The Hall–Kier alpha value is -3.28. The second kappa shape index (κ2) is 5.61. The highest BCUT2D eigenvalue weighted by Crippen LogP contribution is 2.19. The predicted molar refractivity (Wildman–Crippen MR) is 82.8 cm³/mol. The molecule has 6 nitrogen and oxygen atoms in total. The lowest BCUT2D eigenvalue weighted by molar-refractivity contribution is -0.385. The number of fused-ring (bicyclic) bond motifs is 1. The normalized spacial score (nSPS) is 11.1. The summed E-state index contributed by atoms with van der Waals surface area (Å²) in [6.45, 7) is 0. The fraction of sp³-hybridized carbons (Fsp3) is 0. The monoisotopic (exact) mass is 294 g/mol. The summed E-state index contributed by atoms with van der Waals surface area (Å²) in [6, 6.07) is 14.8. The summed E-state index contributed by atoms with van der Waals surface area (Å²) < 4.78 is 5.16. The van der Waals surface area contributed by atoms with Crippen LogP contribution in [0.3, 0.4) is 0 Å². The van der Waals surface area contributed by atoms with E-state index in [1.807, 2.05) is 6.07 Å². The summed E-state index contributed by atoms with van der Waals surface area (Å²) in [7, 11) is 0. The van der Waals surface area contributed by atoms with Gasteiger partial charge in [0.05, 0.1) is 10.5 Å². The van der Waals surface area contributed by atoms with Crippen LogP contribution in [0.4, 0.5) is 11.4 Å². The molecule has 0 amide bonds. The number of hydrogen-bond acceptors (Lipinski definition) is 5. The van der Waals surface area contributed by atoms with Gasteiger partial charge < -0.3 is 4.42 Å². The molecule has 0 aliphatic carbocycles. The zero-order valence-electron chi connectivity index (χ0n) is 11.3. The van der Waals surface area contributed by atoms with E-state index in [2.05, 4.69) is 4.99 Å². The SMILES string of the molecule is O=c1oc2ccccc2cc1N=Cc1ccccc1[N+](=O)[O-]. The number of hydrogen-bond donors (Lipinski definition) is 0. The van der Waals surface area contributed by atoms with Gasteiger partial charge in [-0.15, -0.1) is 0 Å². The molecule has 108 valence electrons. The van der Waals surface area contributed by atoms with Crippen molar-refractivity contribution in [3.05, 3.63) is 80.7 Å². The second-order valence-corrected chi connectivity index (χ2v) is 4.53. The van der Waals surface area contributed by atoms with Gasteiger partial charge in [-0.1, -0.05) is 30.3 Å². The summed E-state index contributed by atoms with van der Waals surface area (Å²) in [5, 5.41) is 11.7. The van der Waals surface area contributed by atoms with Crippen LogP contribution in [0, 0.1) is 10.1 Å². The first-order valence-electron chi connectivity index (χ1n) is 6.45. The summed E-state index contributed by atoms with van der Waals surface area (Å²) >= 11 is 0. The molecule has 3 rings (SSSR count). The van der Waals surface area contributed by atoms with Crippen molar-refractivity contribution in [2.75, 3.05) is 0 Å². The highest BCUT2D eigenvalue weighted by molar-refractivity contribution is 5.88. The van der Waals surface area contributed by atoms with Crippen LogP contribution < -0.4 is 5.63 Å². The van der Waals surface area contributed by atoms with Gasteiger partial charge in [0.1, 0.15) is 11.3 Å². The topological polar surface area (TPSA) is 85.7 Å². The Labute approximate surface area is 124 Å². The molecular weight excluding hydrogens is 284 g/mol. The van der Waals surface area contributed by atoms with Crippen molar-refractivity contribution in [1.82, 2.24) is 0 Å². The van der Waals surface area contributed by atoms with E-state index in [4.69, 9.17) is 4.42 Å². The van der Waals surface area contributed by atoms with Crippen molar-refractivity contribution in [2.45, 2.75) is 0 Å². The molecule has 0 fully saturated rings. The number of para-hydroxylation sites is 2. The number of benzene rings is 2. The van der Waals surface area contributed by atoms with E-state index in [0.29, 0.717) is 11.1 Å². The Bertz CT molecular complexity index is 944. The highest BCUT2D eigenvalue weighted by Gasteiger charge is 2.10. The van der Waals surface area contributed by atoms with Crippen LogP contribution in [-0.2, 0) is 0 Å². The van der Waals surface area contributed by atoms with Crippen LogP contribution in [0.5, 0.6) is 0 Å². The van der Waals surface area contributed by atoms with Crippen molar-refractivity contribution >= 4 is 28.6 Å². The molecule has 1 heterocycles. The van der Waals surface area contributed by atoms with Gasteiger partial charge >= 0.3 is 5.63 Å². The largest absolute Gasteiger partial charge is 0.421 e. The molecule has 0 aliphatic heterocycles. The third kappa shape index (κ3) is 2.62. The van der Waals surface area contributed by atoms with E-state index in [1.165, 1.54) is 12.3 Å². The minimum atomic E-state index is -0.589. The predicted octanol–water partition coefficient (Wildman–Crippen LogP) is 3.45. The Kier molecular flexibility index (Phi) is 3.49. The zero-order chi connectivity index (χ0) is 15.5. The fourth-order valence-corrected chi connectivity index (χ4v) is 2.04. The van der Waals surface area contributed by atoms with Gasteiger partial charge in [-0.2, -0.15) is 0 Å². The Morgan fingerprint density at radius 3 is 2.64 bits per heavy atom. The molecule has 6 heteroatoms. The van der Waals surface area contributed by atoms with Crippen molar-refractivity contribution in [1.29, 1.82) is 0 Å². The van der Waals surface area contributed by atoms with Crippen LogP contribution in [0.25, 0.3) is 11.0 Å². The van der Waals surface area contributed by atoms with E-state index >= 15 is 0 Å². The first kappa shape index (κ1) is 13.7. The van der Waals surface area contributed by atoms with Crippen molar-refractivity contribution in [3.63, 3.8) is 0 Å². The van der Waals surface area contributed by atoms with Gasteiger partial charge in [-0.3, -0.25) is 10.1 Å². The Morgan fingerprint density at radius 2 is 1.82 bits per heavy atom. The van der Waals surface area contributed by atoms with E-state index in [9.17, 15) is 14.9 Å². The fourth-order valence-electron chi connectivity index (χ4n) is 2.04. The molecule has 0 unspecified atom stereocenters. The van der Waals surface area contributed by atoms with E-state index in [-0.39, 0.29) is 11.4 Å². The van der Waals surface area contributed by atoms with Gasteiger partial charge in [0.25, 0.3) is 5.69 Å². The lowest BCUT2D eigenvalue weighted by atomic mass is 10.2. The van der Waals surface area contributed by atoms with Crippen LogP contribution in [0.1, 0.15) is 5.56 Å². The quantitative estimate of drug-likeness (QED) is 0.320. The van der Waals surface area contributed by atoms with Crippen LogP contribution in [-0.4, -0.2) is 11.1 Å². The van der Waals surface area contributed by atoms with Crippen molar-refractivity contribution in [3.8, 4) is 0 Å². The molecule has 0 saturated carbocycles. The molecule has 0 atom stereocenters. The Balaban J connectivity index is 2.05. The number of nitrogens with zero attached hydrogens (tertiary/aromatic N) is 2. The number of nitro benzene ring substituents is 1. The van der Waals surface area contributed by atoms with Crippen LogP contribution >= 0.6 is 0 Å². The second-order valence-electron chi connectivity index (χ2n) is 4.53. The lowest BCUT2D eigenvalue weighted by Crippen LogP contribution is -1.99. The molecule has 0 saturated heterocycles. The summed E-state index contributed by atoms with van der Waals surface area (Å²) in [5.41, 5.74) is 0.221. The molecule has 22 heavy (non-hydrogen) atoms. The van der Waals surface area contributed by atoms with Crippen molar-refractivity contribution in [2.24, 2.45) is 4.99 Å². The van der Waals surface area contributed by atoms with Gasteiger partial charge in [-0.05, 0) is 18.2 Å². The molecular formula is C16H10N2O4. The molecule has 0 spiro atoms. The van der Waals surface area contributed by atoms with E-state index in [1.54, 1.807) is 42.5 Å². The number of nitro groups is 1. The maximum atomic E-state index is 11.9. The smallest absolute Gasteiger partial charge is 0.362 e. The maximum Gasteiger partial charge on any atom is 0.362 e. The number of aliphatic imine (C=N–C) groups is 1. The third-order valence-electron chi connectivity index (χ3n) is 3.10. The van der Waals surface area contributed by atoms with Crippen LogP contribution in [0.15, 0.2) is 68.8 Å². The molecule has 1 aromatic heterocycles. The van der Waals surface area contributed by atoms with E-state index < -0.39 is 10.5 Å². The first-order valence-corrected chi connectivity index (χ1v) is 6.45. The summed E-state index contributed by atoms with van der Waals surface area (Å²) in [6.07, 6.45) is 1.29. The molecule has 0 N–H and O–H groups in total. The van der Waals surface area contributed by atoms with Crippen LogP contribution in [0.2, 0.25) is 0 Å². The third-order valence-corrected chi connectivity index (χ3v) is 3.10. The molecule has 0 radical (unpaired) electrons. The molecule has 2 aromatic carbocycles. The Morgan fingerprint density at radius 1 is 1.09 bits per heavy atom. The summed E-state index contributed by atoms with van der Waals surface area (Å²) in [5.74, 6) is 0. The minimum absolute atomic E-state index is 0.0728. The van der Waals surface area contributed by atoms with Gasteiger partial charge in [-0.25, -0.2) is 9.79 Å². The molecule has 3 aromatic rings. The molecule has 0 aliphatic rings. The average Bonchev–Trinajstić information content (AvgIpc) is 2.53. The van der Waals surface area contributed by atoms with Gasteiger partial charge in [0.2, 0.25) is 0 Å². The zero-order valence-corrected chi connectivity index (χ0v) is 11.3. The van der Waals surface area contributed by atoms with Crippen molar-refractivity contribution < 1.29 is 9.34 Å². The van der Waals surface area contributed by atoms with E-state index in [0.717, 1.165) is 5.39 Å².